The van der Waals surface area contributed by atoms with E-state index in [1.54, 1.807) is 6.20 Å². The van der Waals surface area contributed by atoms with E-state index in [9.17, 15) is 0 Å². The molecule has 0 radical (unpaired) electrons. The van der Waals surface area contributed by atoms with Crippen LogP contribution in [0.5, 0.6) is 0 Å². The summed E-state index contributed by atoms with van der Waals surface area (Å²) in [5.41, 5.74) is 1.07. The molecule has 2 fully saturated rings. The minimum absolute atomic E-state index is 0.319. The molecule has 0 spiro atoms. The van der Waals surface area contributed by atoms with Crippen molar-refractivity contribution in [3.05, 3.63) is 17.0 Å². The van der Waals surface area contributed by atoms with Crippen molar-refractivity contribution in [1.82, 2.24) is 9.97 Å². The smallest absolute Gasteiger partial charge is 0.224 e. The van der Waals surface area contributed by atoms with E-state index in [4.69, 9.17) is 16.3 Å². The van der Waals surface area contributed by atoms with Crippen LogP contribution < -0.4 is 4.90 Å². The minimum atomic E-state index is 0.319. The van der Waals surface area contributed by atoms with Gasteiger partial charge in [0.15, 0.2) is 0 Å². The highest BCUT2D eigenvalue weighted by atomic mass is 35.5. The zero-order valence-electron chi connectivity index (χ0n) is 9.19. The first kappa shape index (κ1) is 10.3. The van der Waals surface area contributed by atoms with Gasteiger partial charge in [-0.05, 0) is 31.4 Å². The number of nitrogens with zero attached hydrogens (tertiary/aromatic N) is 3. The number of aryl methyl sites for hydroxylation is 1. The van der Waals surface area contributed by atoms with Gasteiger partial charge in [-0.1, -0.05) is 0 Å². The second-order valence-electron chi connectivity index (χ2n) is 4.51. The molecule has 5 heteroatoms. The highest BCUT2D eigenvalue weighted by Gasteiger charge is 2.34. The van der Waals surface area contributed by atoms with Gasteiger partial charge in [-0.2, -0.15) is 0 Å². The molecule has 0 saturated carbocycles. The first-order valence-electron chi connectivity index (χ1n) is 5.62. The molecule has 4 nitrogen and oxygen atoms in total. The number of hydrogen-bond acceptors (Lipinski definition) is 4. The quantitative estimate of drug-likeness (QED) is 0.701. The van der Waals surface area contributed by atoms with E-state index in [1.807, 2.05) is 6.92 Å². The van der Waals surface area contributed by atoms with Gasteiger partial charge in [0.05, 0.1) is 12.2 Å². The van der Waals surface area contributed by atoms with Crippen molar-refractivity contribution in [3.8, 4) is 0 Å². The maximum Gasteiger partial charge on any atom is 0.224 e. The van der Waals surface area contributed by atoms with Gasteiger partial charge in [-0.15, -0.1) is 0 Å². The number of fused-ring (bicyclic) bond motifs is 2. The Kier molecular flexibility index (Phi) is 2.48. The van der Waals surface area contributed by atoms with Crippen LogP contribution in [0.1, 0.15) is 18.4 Å². The topological polar surface area (TPSA) is 38.2 Å². The van der Waals surface area contributed by atoms with Crippen LogP contribution in [-0.2, 0) is 4.74 Å². The molecule has 86 valence electrons. The van der Waals surface area contributed by atoms with Crippen molar-refractivity contribution >= 4 is 17.4 Å². The van der Waals surface area contributed by atoms with Crippen LogP contribution in [0.25, 0.3) is 0 Å². The Morgan fingerprint density at radius 2 is 2.06 bits per heavy atom. The number of ether oxygens (including phenoxy) is 1. The third-order valence-electron chi connectivity index (χ3n) is 3.26. The Balaban J connectivity index is 1.89. The van der Waals surface area contributed by atoms with Crippen LogP contribution >= 0.6 is 11.6 Å². The molecule has 2 bridgehead atoms. The monoisotopic (exact) mass is 239 g/mol. The van der Waals surface area contributed by atoms with E-state index in [1.165, 1.54) is 12.8 Å². The van der Waals surface area contributed by atoms with E-state index in [0.717, 1.165) is 24.5 Å². The van der Waals surface area contributed by atoms with Crippen LogP contribution in [0.2, 0.25) is 5.28 Å². The standard InChI is InChI=1S/C11H14ClN3O/c1-7-4-13-11(12)14-10(7)15-5-8-2-3-9(6-15)16-8/h4,8-9H,2-3,5-6H2,1H3. The summed E-state index contributed by atoms with van der Waals surface area (Å²) in [6.07, 6.45) is 4.85. The molecule has 2 unspecified atom stereocenters. The van der Waals surface area contributed by atoms with Crippen LogP contribution in [0.3, 0.4) is 0 Å². The molecule has 2 saturated heterocycles. The molecule has 3 heterocycles. The van der Waals surface area contributed by atoms with Crippen LogP contribution in [0.4, 0.5) is 5.82 Å². The fraction of sp³-hybridized carbons (Fsp3) is 0.636. The van der Waals surface area contributed by atoms with Crippen molar-refractivity contribution in [2.75, 3.05) is 18.0 Å². The van der Waals surface area contributed by atoms with Gasteiger partial charge in [0.25, 0.3) is 0 Å². The number of morpholine rings is 1. The largest absolute Gasteiger partial charge is 0.371 e. The van der Waals surface area contributed by atoms with Crippen molar-refractivity contribution in [2.24, 2.45) is 0 Å². The lowest BCUT2D eigenvalue weighted by atomic mass is 10.2. The van der Waals surface area contributed by atoms with Gasteiger partial charge >= 0.3 is 0 Å². The molecule has 16 heavy (non-hydrogen) atoms. The summed E-state index contributed by atoms with van der Waals surface area (Å²) >= 11 is 5.84. The van der Waals surface area contributed by atoms with Gasteiger partial charge in [0.1, 0.15) is 5.82 Å². The first-order valence-corrected chi connectivity index (χ1v) is 6.00. The predicted octanol–water partition coefficient (Wildman–Crippen LogP) is 1.81. The van der Waals surface area contributed by atoms with E-state index >= 15 is 0 Å². The fourth-order valence-corrected chi connectivity index (χ4v) is 2.65. The lowest BCUT2D eigenvalue weighted by Gasteiger charge is -2.33. The Labute approximate surface area is 99.6 Å². The summed E-state index contributed by atoms with van der Waals surface area (Å²) in [5.74, 6) is 0.959. The van der Waals surface area contributed by atoms with Crippen LogP contribution in [0, 0.1) is 6.92 Å². The summed E-state index contributed by atoms with van der Waals surface area (Å²) in [7, 11) is 0. The SMILES string of the molecule is Cc1cnc(Cl)nc1N1CC2CCC(C1)O2. The fourth-order valence-electron chi connectivity index (χ4n) is 2.52. The lowest BCUT2D eigenvalue weighted by Crippen LogP contribution is -2.43. The maximum absolute atomic E-state index is 5.84. The highest BCUT2D eigenvalue weighted by molar-refractivity contribution is 6.28. The zero-order chi connectivity index (χ0) is 11.1. The van der Waals surface area contributed by atoms with E-state index in [-0.39, 0.29) is 0 Å². The summed E-state index contributed by atoms with van der Waals surface area (Å²) in [6.45, 7) is 3.86. The normalized spacial score (nSPS) is 28.5. The molecular weight excluding hydrogens is 226 g/mol. The average molecular weight is 240 g/mol. The van der Waals surface area contributed by atoms with Gasteiger partial charge in [0, 0.05) is 24.8 Å². The summed E-state index contributed by atoms with van der Waals surface area (Å²) in [6, 6.07) is 0. The van der Waals surface area contributed by atoms with E-state index in [2.05, 4.69) is 14.9 Å². The van der Waals surface area contributed by atoms with E-state index in [0.29, 0.717) is 17.5 Å². The Morgan fingerprint density at radius 1 is 1.38 bits per heavy atom. The van der Waals surface area contributed by atoms with E-state index < -0.39 is 0 Å². The van der Waals surface area contributed by atoms with Crippen molar-refractivity contribution < 1.29 is 4.74 Å². The number of hydrogen-bond donors (Lipinski definition) is 0. The molecule has 2 atom stereocenters. The van der Waals surface area contributed by atoms with Gasteiger partial charge in [-0.25, -0.2) is 9.97 Å². The molecule has 0 amide bonds. The summed E-state index contributed by atoms with van der Waals surface area (Å²) in [4.78, 5) is 10.6. The average Bonchev–Trinajstić information content (AvgIpc) is 2.61. The molecule has 3 rings (SSSR count). The number of rotatable bonds is 1. The van der Waals surface area contributed by atoms with Gasteiger partial charge in [0.2, 0.25) is 5.28 Å². The third kappa shape index (κ3) is 1.76. The second-order valence-corrected chi connectivity index (χ2v) is 4.85. The molecule has 1 aromatic rings. The van der Waals surface area contributed by atoms with Crippen LogP contribution in [0.15, 0.2) is 6.20 Å². The summed E-state index contributed by atoms with van der Waals surface area (Å²) in [5, 5.41) is 0.319. The molecular formula is C11H14ClN3O. The van der Waals surface area contributed by atoms with Gasteiger partial charge in [-0.3, -0.25) is 0 Å². The highest BCUT2D eigenvalue weighted by Crippen LogP contribution is 2.30. The van der Waals surface area contributed by atoms with Crippen LogP contribution in [-0.4, -0.2) is 35.3 Å². The summed E-state index contributed by atoms with van der Waals surface area (Å²) < 4.78 is 5.80. The third-order valence-corrected chi connectivity index (χ3v) is 3.44. The first-order chi connectivity index (χ1) is 7.72. The van der Waals surface area contributed by atoms with Crippen molar-refractivity contribution in [1.29, 1.82) is 0 Å². The zero-order valence-corrected chi connectivity index (χ0v) is 9.94. The molecule has 2 aliphatic heterocycles. The maximum atomic E-state index is 5.84. The number of halogens is 1. The minimum Gasteiger partial charge on any atom is -0.371 e. The molecule has 1 aromatic heterocycles. The predicted molar refractivity (Wildman–Crippen MR) is 61.9 cm³/mol. The molecule has 0 aromatic carbocycles. The molecule has 0 N–H and O–H groups in total. The Morgan fingerprint density at radius 3 is 2.75 bits per heavy atom. The molecule has 0 aliphatic carbocycles. The van der Waals surface area contributed by atoms with Gasteiger partial charge < -0.3 is 9.64 Å². The Hall–Kier alpha value is -0.870. The molecule has 2 aliphatic rings. The lowest BCUT2D eigenvalue weighted by molar-refractivity contribution is 0.0302. The number of aromatic nitrogens is 2. The van der Waals surface area contributed by atoms with Crippen molar-refractivity contribution in [3.63, 3.8) is 0 Å². The second kappa shape index (κ2) is 3.86. The number of anilines is 1. The Bertz CT molecular complexity index is 400. The van der Waals surface area contributed by atoms with Crippen molar-refractivity contribution in [2.45, 2.75) is 32.0 Å².